The first-order valence-electron chi connectivity index (χ1n) is 7.82. The highest BCUT2D eigenvalue weighted by atomic mass is 32.2. The molecule has 5 nitrogen and oxygen atoms in total. The molecule has 3 unspecified atom stereocenters. The molecule has 1 saturated carbocycles. The normalized spacial score (nSPS) is 22.3. The van der Waals surface area contributed by atoms with Gasteiger partial charge in [0.15, 0.2) is 0 Å². The molecule has 0 amide bonds. The first-order valence-corrected chi connectivity index (χ1v) is 9.72. The van der Waals surface area contributed by atoms with Crippen LogP contribution < -0.4 is 5.73 Å². The van der Waals surface area contributed by atoms with Crippen LogP contribution in [0.15, 0.2) is 0 Å². The van der Waals surface area contributed by atoms with E-state index in [9.17, 15) is 22.2 Å². The molecule has 1 aliphatic rings. The van der Waals surface area contributed by atoms with Gasteiger partial charge in [0.25, 0.3) is 0 Å². The van der Waals surface area contributed by atoms with Gasteiger partial charge in [-0.05, 0) is 31.6 Å². The molecule has 0 saturated heterocycles. The van der Waals surface area contributed by atoms with Crippen LogP contribution in [-0.4, -0.2) is 39.0 Å². The molecule has 136 valence electrons. The predicted octanol–water partition coefficient (Wildman–Crippen LogP) is 2.98. The van der Waals surface area contributed by atoms with Crippen LogP contribution in [-0.2, 0) is 14.5 Å². The van der Waals surface area contributed by atoms with E-state index in [-0.39, 0.29) is 24.3 Å². The highest BCUT2D eigenvalue weighted by molar-refractivity contribution is 7.92. The van der Waals surface area contributed by atoms with Crippen molar-refractivity contribution in [1.29, 1.82) is 4.78 Å². The van der Waals surface area contributed by atoms with Crippen molar-refractivity contribution >= 4 is 15.7 Å². The summed E-state index contributed by atoms with van der Waals surface area (Å²) in [7, 11) is -3.25. The van der Waals surface area contributed by atoms with Crippen LogP contribution in [0.4, 0.5) is 13.2 Å². The summed E-state index contributed by atoms with van der Waals surface area (Å²) in [5.41, 5.74) is 5.28. The van der Waals surface area contributed by atoms with Crippen LogP contribution in [0.1, 0.15) is 44.9 Å². The monoisotopic (exact) mass is 358 g/mol. The van der Waals surface area contributed by atoms with Crippen molar-refractivity contribution < 1.29 is 27.3 Å². The lowest BCUT2D eigenvalue weighted by Crippen LogP contribution is -2.35. The molecule has 0 aromatic carbocycles. The third kappa shape index (κ3) is 7.07. The Morgan fingerprint density at radius 2 is 1.74 bits per heavy atom. The molecule has 1 rings (SSSR count). The van der Waals surface area contributed by atoms with Crippen molar-refractivity contribution in [1.82, 2.24) is 0 Å². The van der Waals surface area contributed by atoms with Gasteiger partial charge in [-0.3, -0.25) is 9.57 Å². The number of hydrogen-bond donors (Lipinski definition) is 3. The first kappa shape index (κ1) is 20.2. The van der Waals surface area contributed by atoms with Gasteiger partial charge in [0.2, 0.25) is 0 Å². The third-order valence-electron chi connectivity index (χ3n) is 4.47. The Labute approximate surface area is 134 Å². The summed E-state index contributed by atoms with van der Waals surface area (Å²) in [5, 5.41) is 8.65. The molecule has 1 fully saturated rings. The third-order valence-corrected chi connectivity index (χ3v) is 6.26. The Kier molecular flexibility index (Phi) is 7.31. The quantitative estimate of drug-likeness (QED) is 0.620. The molecule has 0 spiro atoms. The molecule has 0 aromatic rings. The molecule has 0 bridgehead atoms. The molecule has 23 heavy (non-hydrogen) atoms. The second-order valence-corrected chi connectivity index (χ2v) is 8.73. The zero-order chi connectivity index (χ0) is 17.7. The summed E-state index contributed by atoms with van der Waals surface area (Å²) < 4.78 is 59.5. The van der Waals surface area contributed by atoms with Crippen molar-refractivity contribution in [2.75, 3.05) is 11.5 Å². The fourth-order valence-corrected chi connectivity index (χ4v) is 4.54. The van der Waals surface area contributed by atoms with Gasteiger partial charge in [-0.2, -0.15) is 13.2 Å². The molecule has 4 N–H and O–H groups in total. The number of carboxylic acids is 1. The SMILES string of the molecule is N=S(=O)(CCC(N)C(=O)O)CCC(C1CCCCC1)C(F)(F)F. The molecule has 3 atom stereocenters. The largest absolute Gasteiger partial charge is 0.480 e. The minimum atomic E-state index is -4.35. The lowest BCUT2D eigenvalue weighted by Gasteiger charge is -2.32. The Morgan fingerprint density at radius 1 is 1.22 bits per heavy atom. The standard InChI is InChI=1S/C14H25F3N2O3S/c15-14(16,17)11(10-4-2-1-3-5-10)6-8-23(19,22)9-7-12(18)13(20)21/h10-12,19H,1-9,18H2,(H,20,21). The number of carboxylic acid groups (broad SMARTS) is 1. The smallest absolute Gasteiger partial charge is 0.392 e. The van der Waals surface area contributed by atoms with E-state index in [1.54, 1.807) is 0 Å². The van der Waals surface area contributed by atoms with Crippen LogP contribution in [0.3, 0.4) is 0 Å². The number of halogens is 3. The average molecular weight is 358 g/mol. The highest BCUT2D eigenvalue weighted by Crippen LogP contribution is 2.41. The molecule has 9 heteroatoms. The molecular weight excluding hydrogens is 333 g/mol. The zero-order valence-corrected chi connectivity index (χ0v) is 13.8. The molecule has 0 aliphatic heterocycles. The van der Waals surface area contributed by atoms with Crippen LogP contribution >= 0.6 is 0 Å². The molecule has 1 aliphatic carbocycles. The van der Waals surface area contributed by atoms with Crippen LogP contribution in [0.5, 0.6) is 0 Å². The van der Waals surface area contributed by atoms with E-state index >= 15 is 0 Å². The minimum absolute atomic E-state index is 0.169. The van der Waals surface area contributed by atoms with Gasteiger partial charge < -0.3 is 10.8 Å². The fourth-order valence-electron chi connectivity index (χ4n) is 3.06. The summed E-state index contributed by atoms with van der Waals surface area (Å²) in [6.07, 6.45) is -1.31. The number of aliphatic carboxylic acids is 1. The van der Waals surface area contributed by atoms with E-state index in [2.05, 4.69) is 0 Å². The summed E-state index contributed by atoms with van der Waals surface area (Å²) >= 11 is 0. The number of rotatable bonds is 8. The second-order valence-electron chi connectivity index (χ2n) is 6.29. The van der Waals surface area contributed by atoms with E-state index in [1.165, 1.54) is 0 Å². The number of nitrogens with two attached hydrogens (primary N) is 1. The lowest BCUT2D eigenvalue weighted by molar-refractivity contribution is -0.192. The summed E-state index contributed by atoms with van der Waals surface area (Å²) in [6.45, 7) is 0. The maximum absolute atomic E-state index is 13.2. The van der Waals surface area contributed by atoms with Crippen LogP contribution in [0, 0.1) is 16.6 Å². The van der Waals surface area contributed by atoms with E-state index in [4.69, 9.17) is 15.6 Å². The number of nitrogens with one attached hydrogen (secondary N) is 1. The van der Waals surface area contributed by atoms with Crippen LogP contribution in [0.2, 0.25) is 0 Å². The molecule has 0 heterocycles. The van der Waals surface area contributed by atoms with Crippen molar-refractivity contribution in [2.45, 2.75) is 57.2 Å². The van der Waals surface area contributed by atoms with Gasteiger partial charge in [0.05, 0.1) is 5.92 Å². The summed E-state index contributed by atoms with van der Waals surface area (Å²) in [5.74, 6) is -3.90. The van der Waals surface area contributed by atoms with Crippen LogP contribution in [0.25, 0.3) is 0 Å². The highest BCUT2D eigenvalue weighted by Gasteiger charge is 2.44. The van der Waals surface area contributed by atoms with Crippen molar-refractivity contribution in [3.63, 3.8) is 0 Å². The van der Waals surface area contributed by atoms with Gasteiger partial charge in [-0.1, -0.05) is 19.3 Å². The topological polar surface area (TPSA) is 104 Å². The van der Waals surface area contributed by atoms with E-state index in [1.807, 2.05) is 0 Å². The maximum Gasteiger partial charge on any atom is 0.392 e. The Morgan fingerprint density at radius 3 is 2.22 bits per heavy atom. The number of carbonyl (C=O) groups is 1. The van der Waals surface area contributed by atoms with Crippen molar-refractivity contribution in [3.05, 3.63) is 0 Å². The van der Waals surface area contributed by atoms with Gasteiger partial charge in [0.1, 0.15) is 6.04 Å². The van der Waals surface area contributed by atoms with Gasteiger partial charge in [-0.25, -0.2) is 4.21 Å². The zero-order valence-electron chi connectivity index (χ0n) is 13.0. The Hall–Kier alpha value is -0.830. The number of alkyl halides is 3. The fraction of sp³-hybridized carbons (Fsp3) is 0.929. The summed E-state index contributed by atoms with van der Waals surface area (Å²) in [4.78, 5) is 10.6. The molecule has 0 radical (unpaired) electrons. The van der Waals surface area contributed by atoms with Gasteiger partial charge in [-0.15, -0.1) is 0 Å². The lowest BCUT2D eigenvalue weighted by atomic mass is 9.78. The van der Waals surface area contributed by atoms with Gasteiger partial charge in [0, 0.05) is 21.2 Å². The predicted molar refractivity (Wildman–Crippen MR) is 81.6 cm³/mol. The van der Waals surface area contributed by atoms with E-state index < -0.39 is 39.8 Å². The van der Waals surface area contributed by atoms with Gasteiger partial charge >= 0.3 is 12.1 Å². The Bertz CT molecular complexity index is 488. The second kappa shape index (κ2) is 8.32. The van der Waals surface area contributed by atoms with E-state index in [0.29, 0.717) is 12.8 Å². The van der Waals surface area contributed by atoms with E-state index in [0.717, 1.165) is 19.3 Å². The molecular formula is C14H25F3N2O3S. The number of hydrogen-bond acceptors (Lipinski definition) is 4. The maximum atomic E-state index is 13.2. The molecule has 0 aromatic heterocycles. The van der Waals surface area contributed by atoms with Crippen molar-refractivity contribution in [3.8, 4) is 0 Å². The minimum Gasteiger partial charge on any atom is -0.480 e. The average Bonchev–Trinajstić information content (AvgIpc) is 2.44. The Balaban J connectivity index is 2.61. The first-order chi connectivity index (χ1) is 10.5. The van der Waals surface area contributed by atoms with Crippen molar-refractivity contribution in [2.24, 2.45) is 17.6 Å². The summed E-state index contributed by atoms with van der Waals surface area (Å²) in [6, 6.07) is -1.24.